The van der Waals surface area contributed by atoms with Gasteiger partial charge >= 0.3 is 0 Å². The predicted octanol–water partition coefficient (Wildman–Crippen LogP) is 3.79. The van der Waals surface area contributed by atoms with Crippen molar-refractivity contribution in [1.82, 2.24) is 4.98 Å². The van der Waals surface area contributed by atoms with Crippen LogP contribution < -0.4 is 10.5 Å². The highest BCUT2D eigenvalue weighted by molar-refractivity contribution is 8.13. The van der Waals surface area contributed by atoms with E-state index in [2.05, 4.69) is 30.1 Å². The summed E-state index contributed by atoms with van der Waals surface area (Å²) in [6.07, 6.45) is 2.94. The van der Waals surface area contributed by atoms with Crippen molar-refractivity contribution in [3.63, 3.8) is 0 Å². The summed E-state index contributed by atoms with van der Waals surface area (Å²) in [5, 5.41) is 1.75. The van der Waals surface area contributed by atoms with Crippen molar-refractivity contribution in [3.8, 4) is 16.2 Å². The van der Waals surface area contributed by atoms with Crippen molar-refractivity contribution in [2.24, 2.45) is 16.6 Å². The molecule has 2 aliphatic heterocycles. The smallest absolute Gasteiger partial charge is 0.154 e. The number of thioether (sulfide) groups is 1. The first-order valence-corrected chi connectivity index (χ1v) is 9.55. The van der Waals surface area contributed by atoms with E-state index < -0.39 is 0 Å². The molecule has 0 radical (unpaired) electrons. The van der Waals surface area contributed by atoms with Gasteiger partial charge in [-0.2, -0.15) is 0 Å². The number of thiazole rings is 1. The molecular formula is C17H19N3OS2. The molecule has 120 valence electrons. The summed E-state index contributed by atoms with van der Waals surface area (Å²) in [5.74, 6) is 2.38. The minimum Gasteiger partial charge on any atom is -0.493 e. The molecule has 2 aliphatic rings. The van der Waals surface area contributed by atoms with Crippen LogP contribution in [0.4, 0.5) is 0 Å². The van der Waals surface area contributed by atoms with Crippen molar-refractivity contribution in [2.45, 2.75) is 25.8 Å². The van der Waals surface area contributed by atoms with Crippen LogP contribution in [0.2, 0.25) is 0 Å². The Bertz CT molecular complexity index is 786. The lowest BCUT2D eigenvalue weighted by molar-refractivity contribution is 0.271. The SMILES string of the molecule is Cc1ncc(-c2ccc3c(c2)[C@@]2(C)N=C(N)SC[C@H]2CCO3)s1. The highest BCUT2D eigenvalue weighted by Gasteiger charge is 2.42. The third kappa shape index (κ3) is 2.54. The number of ether oxygens (including phenoxy) is 1. The number of nitrogens with zero attached hydrogens (tertiary/aromatic N) is 2. The number of aryl methyl sites for hydroxylation is 1. The van der Waals surface area contributed by atoms with Crippen LogP contribution in [0.25, 0.3) is 10.4 Å². The van der Waals surface area contributed by atoms with E-state index in [1.165, 1.54) is 10.4 Å². The van der Waals surface area contributed by atoms with E-state index in [4.69, 9.17) is 15.5 Å². The van der Waals surface area contributed by atoms with E-state index in [-0.39, 0.29) is 5.54 Å². The zero-order valence-electron chi connectivity index (χ0n) is 13.2. The Morgan fingerprint density at radius 3 is 3.04 bits per heavy atom. The lowest BCUT2D eigenvalue weighted by Gasteiger charge is -2.36. The fourth-order valence-electron chi connectivity index (χ4n) is 3.36. The Morgan fingerprint density at radius 1 is 1.39 bits per heavy atom. The zero-order valence-corrected chi connectivity index (χ0v) is 14.8. The summed E-state index contributed by atoms with van der Waals surface area (Å²) < 4.78 is 6.01. The minimum atomic E-state index is -0.309. The molecule has 2 aromatic rings. The Kier molecular flexibility index (Phi) is 3.61. The summed E-state index contributed by atoms with van der Waals surface area (Å²) in [5.41, 5.74) is 8.06. The predicted molar refractivity (Wildman–Crippen MR) is 97.3 cm³/mol. The number of amidine groups is 1. The number of nitrogens with two attached hydrogens (primary N) is 1. The number of aromatic nitrogens is 1. The zero-order chi connectivity index (χ0) is 16.0. The molecule has 4 nitrogen and oxygen atoms in total. The van der Waals surface area contributed by atoms with Gasteiger partial charge in [-0.15, -0.1) is 11.3 Å². The van der Waals surface area contributed by atoms with E-state index >= 15 is 0 Å². The molecule has 0 fully saturated rings. The van der Waals surface area contributed by atoms with Crippen LogP contribution in [0.15, 0.2) is 29.4 Å². The molecule has 1 aromatic carbocycles. The fraction of sp³-hybridized carbons (Fsp3) is 0.412. The molecule has 0 saturated carbocycles. The molecular weight excluding hydrogens is 326 g/mol. The van der Waals surface area contributed by atoms with Crippen molar-refractivity contribution in [3.05, 3.63) is 35.0 Å². The second-order valence-electron chi connectivity index (χ2n) is 6.20. The summed E-state index contributed by atoms with van der Waals surface area (Å²) in [6, 6.07) is 6.40. The quantitative estimate of drug-likeness (QED) is 0.854. The van der Waals surface area contributed by atoms with Gasteiger partial charge in [0.15, 0.2) is 5.17 Å². The Morgan fingerprint density at radius 2 is 2.26 bits per heavy atom. The Hall–Kier alpha value is -1.53. The number of aliphatic imine (C=N–C) groups is 1. The van der Waals surface area contributed by atoms with Crippen molar-refractivity contribution < 1.29 is 4.74 Å². The van der Waals surface area contributed by atoms with Gasteiger partial charge < -0.3 is 10.5 Å². The van der Waals surface area contributed by atoms with Crippen LogP contribution >= 0.6 is 23.1 Å². The van der Waals surface area contributed by atoms with Crippen LogP contribution in [0.1, 0.15) is 23.9 Å². The van der Waals surface area contributed by atoms with Crippen LogP contribution in [0.5, 0.6) is 5.75 Å². The van der Waals surface area contributed by atoms with Crippen molar-refractivity contribution >= 4 is 28.3 Å². The lowest BCUT2D eigenvalue weighted by Crippen LogP contribution is -2.37. The van der Waals surface area contributed by atoms with Crippen LogP contribution in [0.3, 0.4) is 0 Å². The first-order valence-electron chi connectivity index (χ1n) is 7.74. The number of rotatable bonds is 1. The van der Waals surface area contributed by atoms with Gasteiger partial charge in [0, 0.05) is 23.4 Å². The normalized spacial score (nSPS) is 26.5. The highest BCUT2D eigenvalue weighted by Crippen LogP contribution is 2.47. The molecule has 0 spiro atoms. The molecule has 4 rings (SSSR count). The topological polar surface area (TPSA) is 60.5 Å². The van der Waals surface area contributed by atoms with Gasteiger partial charge in [0.05, 0.1) is 22.0 Å². The number of benzene rings is 1. The second-order valence-corrected chi connectivity index (χ2v) is 8.47. The van der Waals surface area contributed by atoms with Gasteiger partial charge in [-0.1, -0.05) is 11.8 Å². The monoisotopic (exact) mass is 345 g/mol. The molecule has 0 amide bonds. The van der Waals surface area contributed by atoms with E-state index in [9.17, 15) is 0 Å². The van der Waals surface area contributed by atoms with E-state index in [1.54, 1.807) is 23.1 Å². The molecule has 0 unspecified atom stereocenters. The maximum atomic E-state index is 6.05. The van der Waals surface area contributed by atoms with Gasteiger partial charge in [0.2, 0.25) is 0 Å². The standard InChI is InChI=1S/C17H19N3OS2/c1-10-19-8-15(23-10)11-3-4-14-13(7-11)17(2)12(5-6-21-14)9-22-16(18)20-17/h3-4,7-8,12H,5-6,9H2,1-2H3,(H2,18,20)/t12-,17+/m1/s1. The molecule has 0 saturated heterocycles. The molecule has 2 N–H and O–H groups in total. The molecule has 0 aliphatic carbocycles. The van der Waals surface area contributed by atoms with Gasteiger partial charge in [0.25, 0.3) is 0 Å². The van der Waals surface area contributed by atoms with Crippen LogP contribution in [0, 0.1) is 12.8 Å². The summed E-state index contributed by atoms with van der Waals surface area (Å²) in [7, 11) is 0. The number of fused-ring (bicyclic) bond motifs is 3. The van der Waals surface area contributed by atoms with E-state index in [0.717, 1.165) is 35.1 Å². The lowest BCUT2D eigenvalue weighted by atomic mass is 9.79. The molecule has 0 bridgehead atoms. The fourth-order valence-corrected chi connectivity index (χ4v) is 5.25. The van der Waals surface area contributed by atoms with Crippen LogP contribution in [-0.2, 0) is 5.54 Å². The molecule has 23 heavy (non-hydrogen) atoms. The molecule has 1 aromatic heterocycles. The Balaban J connectivity index is 1.88. The average Bonchev–Trinajstić information content (AvgIpc) is 2.90. The molecule has 3 heterocycles. The molecule has 2 atom stereocenters. The summed E-state index contributed by atoms with van der Waals surface area (Å²) in [6.45, 7) is 4.96. The minimum absolute atomic E-state index is 0.309. The maximum Gasteiger partial charge on any atom is 0.154 e. The number of hydrogen-bond donors (Lipinski definition) is 1. The van der Waals surface area contributed by atoms with Gasteiger partial charge in [-0.25, -0.2) is 4.98 Å². The molecule has 6 heteroatoms. The first-order chi connectivity index (χ1) is 11.1. The van der Waals surface area contributed by atoms with Crippen LogP contribution in [-0.4, -0.2) is 22.5 Å². The van der Waals surface area contributed by atoms with Gasteiger partial charge in [0.1, 0.15) is 5.75 Å². The summed E-state index contributed by atoms with van der Waals surface area (Å²) in [4.78, 5) is 10.4. The van der Waals surface area contributed by atoms with Gasteiger partial charge in [-0.3, -0.25) is 4.99 Å². The van der Waals surface area contributed by atoms with Crippen molar-refractivity contribution in [2.75, 3.05) is 12.4 Å². The van der Waals surface area contributed by atoms with Gasteiger partial charge in [-0.05, 0) is 44.0 Å². The highest BCUT2D eigenvalue weighted by atomic mass is 32.2. The summed E-state index contributed by atoms with van der Waals surface area (Å²) >= 11 is 3.36. The first kappa shape index (κ1) is 15.0. The maximum absolute atomic E-state index is 6.05. The third-order valence-corrected chi connectivity index (χ3v) is 6.64. The van der Waals surface area contributed by atoms with E-state index in [1.807, 2.05) is 13.1 Å². The Labute approximate surface area is 144 Å². The van der Waals surface area contributed by atoms with Crippen molar-refractivity contribution in [1.29, 1.82) is 0 Å². The van der Waals surface area contributed by atoms with E-state index in [0.29, 0.717) is 11.1 Å². The average molecular weight is 345 g/mol. The number of hydrogen-bond acceptors (Lipinski definition) is 6. The largest absolute Gasteiger partial charge is 0.493 e. The third-order valence-electron chi connectivity index (χ3n) is 4.72. The second kappa shape index (κ2) is 5.53.